The molecular formula is C17H24FN3O3S. The normalized spacial score (nSPS) is 11.8. The van der Waals surface area contributed by atoms with E-state index in [2.05, 4.69) is 10.3 Å². The lowest BCUT2D eigenvalue weighted by molar-refractivity contribution is -0.118. The van der Waals surface area contributed by atoms with Crippen molar-refractivity contribution in [1.82, 2.24) is 14.9 Å². The SMILES string of the molecule is CCCCCS(=O)(=O)CC(=O)NCCc1nc2cc(F)ccc2n1C. The molecule has 0 fully saturated rings. The first-order chi connectivity index (χ1) is 11.8. The number of imidazole rings is 1. The number of amides is 1. The van der Waals surface area contributed by atoms with Crippen molar-refractivity contribution in [3.05, 3.63) is 29.8 Å². The fourth-order valence-electron chi connectivity index (χ4n) is 2.66. The van der Waals surface area contributed by atoms with Gasteiger partial charge >= 0.3 is 0 Å². The highest BCUT2D eigenvalue weighted by molar-refractivity contribution is 7.92. The van der Waals surface area contributed by atoms with Crippen molar-refractivity contribution in [1.29, 1.82) is 0 Å². The zero-order chi connectivity index (χ0) is 18.4. The Balaban J connectivity index is 1.86. The van der Waals surface area contributed by atoms with Crippen LogP contribution in [0.15, 0.2) is 18.2 Å². The van der Waals surface area contributed by atoms with Gasteiger partial charge in [-0.15, -0.1) is 0 Å². The standard InChI is InChI=1S/C17H24FN3O3S/c1-3-4-5-10-25(23,24)12-17(22)19-9-8-16-20-14-11-13(18)6-7-15(14)21(16)2/h6-7,11H,3-5,8-10,12H2,1-2H3,(H,19,22). The molecule has 1 aromatic carbocycles. The number of carbonyl (C=O) groups is 1. The minimum Gasteiger partial charge on any atom is -0.355 e. The van der Waals surface area contributed by atoms with Gasteiger partial charge in [0.25, 0.3) is 0 Å². The first-order valence-corrected chi connectivity index (χ1v) is 10.2. The number of nitrogens with zero attached hydrogens (tertiary/aromatic N) is 2. The van der Waals surface area contributed by atoms with Gasteiger partial charge in [0, 0.05) is 26.1 Å². The first-order valence-electron chi connectivity index (χ1n) is 8.40. The maximum absolute atomic E-state index is 13.2. The molecule has 0 unspecified atom stereocenters. The zero-order valence-corrected chi connectivity index (χ0v) is 15.4. The number of unbranched alkanes of at least 4 members (excludes halogenated alkanes) is 2. The molecule has 2 rings (SSSR count). The molecule has 6 nitrogen and oxygen atoms in total. The van der Waals surface area contributed by atoms with Gasteiger partial charge in [-0.05, 0) is 18.6 Å². The highest BCUT2D eigenvalue weighted by Gasteiger charge is 2.16. The average molecular weight is 369 g/mol. The van der Waals surface area contributed by atoms with Crippen LogP contribution in [0.3, 0.4) is 0 Å². The van der Waals surface area contributed by atoms with Gasteiger partial charge in [0.2, 0.25) is 5.91 Å². The second-order valence-electron chi connectivity index (χ2n) is 6.12. The predicted molar refractivity (Wildman–Crippen MR) is 95.6 cm³/mol. The monoisotopic (exact) mass is 369 g/mol. The van der Waals surface area contributed by atoms with Crippen molar-refractivity contribution in [2.75, 3.05) is 18.1 Å². The van der Waals surface area contributed by atoms with E-state index in [1.54, 1.807) is 6.07 Å². The van der Waals surface area contributed by atoms with Crippen molar-refractivity contribution < 1.29 is 17.6 Å². The minimum atomic E-state index is -3.36. The summed E-state index contributed by atoms with van der Waals surface area (Å²) in [4.78, 5) is 16.2. The van der Waals surface area contributed by atoms with E-state index in [9.17, 15) is 17.6 Å². The Kier molecular flexibility index (Phi) is 6.52. The smallest absolute Gasteiger partial charge is 0.235 e. The zero-order valence-electron chi connectivity index (χ0n) is 14.6. The van der Waals surface area contributed by atoms with E-state index < -0.39 is 21.5 Å². The van der Waals surface area contributed by atoms with Crippen LogP contribution in [0.4, 0.5) is 4.39 Å². The summed E-state index contributed by atoms with van der Waals surface area (Å²) in [5.74, 6) is -0.582. The topological polar surface area (TPSA) is 81.1 Å². The second kappa shape index (κ2) is 8.42. The highest BCUT2D eigenvalue weighted by atomic mass is 32.2. The number of carbonyl (C=O) groups excluding carboxylic acids is 1. The second-order valence-corrected chi connectivity index (χ2v) is 8.30. The van der Waals surface area contributed by atoms with E-state index in [-0.39, 0.29) is 18.1 Å². The number of nitrogens with one attached hydrogen (secondary N) is 1. The summed E-state index contributed by atoms with van der Waals surface area (Å²) in [7, 11) is -1.53. The summed E-state index contributed by atoms with van der Waals surface area (Å²) in [6, 6.07) is 4.39. The molecule has 25 heavy (non-hydrogen) atoms. The molecule has 0 aliphatic heterocycles. The number of hydrogen-bond donors (Lipinski definition) is 1. The van der Waals surface area contributed by atoms with Gasteiger partial charge in [0.15, 0.2) is 9.84 Å². The number of fused-ring (bicyclic) bond motifs is 1. The van der Waals surface area contributed by atoms with E-state index in [0.717, 1.165) is 18.4 Å². The lowest BCUT2D eigenvalue weighted by Crippen LogP contribution is -2.33. The number of sulfone groups is 1. The van der Waals surface area contributed by atoms with Crippen LogP contribution in [0.1, 0.15) is 32.0 Å². The molecule has 0 saturated heterocycles. The number of hydrogen-bond acceptors (Lipinski definition) is 4. The Morgan fingerprint density at radius 3 is 2.80 bits per heavy atom. The molecule has 1 amide bonds. The molecule has 1 heterocycles. The van der Waals surface area contributed by atoms with Crippen molar-refractivity contribution in [3.8, 4) is 0 Å². The van der Waals surface area contributed by atoms with E-state index >= 15 is 0 Å². The van der Waals surface area contributed by atoms with Crippen LogP contribution < -0.4 is 5.32 Å². The molecule has 1 N–H and O–H groups in total. The lowest BCUT2D eigenvalue weighted by Gasteiger charge is -2.06. The van der Waals surface area contributed by atoms with Crippen LogP contribution in [-0.2, 0) is 28.1 Å². The Morgan fingerprint density at radius 2 is 2.08 bits per heavy atom. The van der Waals surface area contributed by atoms with Gasteiger partial charge in [-0.2, -0.15) is 0 Å². The van der Waals surface area contributed by atoms with Gasteiger partial charge in [-0.1, -0.05) is 19.8 Å². The van der Waals surface area contributed by atoms with Gasteiger partial charge in [-0.25, -0.2) is 17.8 Å². The van der Waals surface area contributed by atoms with Gasteiger partial charge in [0.05, 0.1) is 16.8 Å². The summed E-state index contributed by atoms with van der Waals surface area (Å²) in [5, 5.41) is 2.62. The summed E-state index contributed by atoms with van der Waals surface area (Å²) < 4.78 is 38.8. The summed E-state index contributed by atoms with van der Waals surface area (Å²) in [6.45, 7) is 2.28. The van der Waals surface area contributed by atoms with Gasteiger partial charge in [0.1, 0.15) is 17.4 Å². The first kappa shape index (κ1) is 19.4. The Morgan fingerprint density at radius 1 is 1.32 bits per heavy atom. The molecule has 0 aliphatic carbocycles. The Hall–Kier alpha value is -1.96. The number of aromatic nitrogens is 2. The number of rotatable bonds is 9. The maximum atomic E-state index is 13.2. The molecule has 0 atom stereocenters. The van der Waals surface area contributed by atoms with E-state index in [1.165, 1.54) is 12.1 Å². The van der Waals surface area contributed by atoms with Gasteiger partial charge < -0.3 is 9.88 Å². The third kappa shape index (κ3) is 5.52. The third-order valence-electron chi connectivity index (χ3n) is 4.02. The number of aryl methyl sites for hydroxylation is 1. The third-order valence-corrected chi connectivity index (χ3v) is 5.63. The number of halogens is 1. The highest BCUT2D eigenvalue weighted by Crippen LogP contribution is 2.16. The van der Waals surface area contributed by atoms with E-state index in [4.69, 9.17) is 0 Å². The summed E-state index contributed by atoms with van der Waals surface area (Å²) in [6.07, 6.45) is 2.80. The van der Waals surface area contributed by atoms with Crippen LogP contribution in [0.2, 0.25) is 0 Å². The summed E-state index contributed by atoms with van der Waals surface area (Å²) >= 11 is 0. The van der Waals surface area contributed by atoms with Crippen LogP contribution >= 0.6 is 0 Å². The van der Waals surface area contributed by atoms with Crippen molar-refractivity contribution in [3.63, 3.8) is 0 Å². The lowest BCUT2D eigenvalue weighted by atomic mass is 10.3. The molecule has 0 spiro atoms. The van der Waals surface area contributed by atoms with E-state index in [0.29, 0.717) is 24.2 Å². The van der Waals surface area contributed by atoms with Crippen LogP contribution in [0.5, 0.6) is 0 Å². The largest absolute Gasteiger partial charge is 0.355 e. The molecular weight excluding hydrogens is 345 g/mol. The Bertz CT molecular complexity index is 846. The van der Waals surface area contributed by atoms with Crippen molar-refractivity contribution in [2.24, 2.45) is 7.05 Å². The quantitative estimate of drug-likeness (QED) is 0.685. The van der Waals surface area contributed by atoms with Gasteiger partial charge in [-0.3, -0.25) is 4.79 Å². The van der Waals surface area contributed by atoms with Crippen molar-refractivity contribution in [2.45, 2.75) is 32.6 Å². The average Bonchev–Trinajstić information content (AvgIpc) is 2.82. The fourth-order valence-corrected chi connectivity index (χ4v) is 3.94. The predicted octanol–water partition coefficient (Wildman–Crippen LogP) is 1.98. The fraction of sp³-hybridized carbons (Fsp3) is 0.529. The van der Waals surface area contributed by atoms with Crippen LogP contribution in [0.25, 0.3) is 11.0 Å². The van der Waals surface area contributed by atoms with Crippen molar-refractivity contribution >= 4 is 26.8 Å². The molecule has 0 radical (unpaired) electrons. The molecule has 8 heteroatoms. The maximum Gasteiger partial charge on any atom is 0.235 e. The van der Waals surface area contributed by atoms with E-state index in [1.807, 2.05) is 18.5 Å². The van der Waals surface area contributed by atoms with Crippen LogP contribution in [0, 0.1) is 5.82 Å². The Labute approximate surface area is 147 Å². The minimum absolute atomic E-state index is 0.0462. The van der Waals surface area contributed by atoms with Crippen LogP contribution in [-0.4, -0.2) is 41.9 Å². The molecule has 2 aromatic rings. The molecule has 0 aliphatic rings. The molecule has 138 valence electrons. The molecule has 1 aromatic heterocycles. The number of benzene rings is 1. The molecule has 0 bridgehead atoms. The molecule has 0 saturated carbocycles. The summed E-state index contributed by atoms with van der Waals surface area (Å²) in [5.41, 5.74) is 1.36.